The first-order valence-electron chi connectivity index (χ1n) is 4.24. The highest BCUT2D eigenvalue weighted by Crippen LogP contribution is 2.03. The molecule has 0 fully saturated rings. The molecule has 5 nitrogen and oxygen atoms in total. The third kappa shape index (κ3) is 1.62. The van der Waals surface area contributed by atoms with Gasteiger partial charge in [0.1, 0.15) is 0 Å². The molecule has 1 N–H and O–H groups in total. The minimum Gasteiger partial charge on any atom is -0.390 e. The largest absolute Gasteiger partial charge is 0.390 e. The molecule has 0 unspecified atom stereocenters. The molecule has 0 atom stereocenters. The van der Waals surface area contributed by atoms with Gasteiger partial charge in [-0.05, 0) is 13.0 Å². The molecule has 2 aromatic heterocycles. The van der Waals surface area contributed by atoms with E-state index in [9.17, 15) is 0 Å². The molecule has 0 aliphatic rings. The summed E-state index contributed by atoms with van der Waals surface area (Å²) in [7, 11) is 0. The van der Waals surface area contributed by atoms with Gasteiger partial charge in [0.2, 0.25) is 0 Å². The molecule has 0 saturated heterocycles. The van der Waals surface area contributed by atoms with Crippen molar-refractivity contribution in [3.8, 4) is 5.82 Å². The van der Waals surface area contributed by atoms with Gasteiger partial charge >= 0.3 is 0 Å². The average molecular weight is 190 g/mol. The number of aliphatic hydroxyl groups excluding tert-OH is 1. The summed E-state index contributed by atoms with van der Waals surface area (Å²) in [5.41, 5.74) is 1.46. The van der Waals surface area contributed by atoms with E-state index in [1.54, 1.807) is 17.1 Å². The first kappa shape index (κ1) is 8.83. The summed E-state index contributed by atoms with van der Waals surface area (Å²) in [5, 5.41) is 13.1. The fourth-order valence-corrected chi connectivity index (χ4v) is 1.12. The third-order valence-electron chi connectivity index (χ3n) is 1.79. The Bertz CT molecular complexity index is 438. The second-order valence-corrected chi connectivity index (χ2v) is 2.93. The first-order chi connectivity index (χ1) is 6.79. The van der Waals surface area contributed by atoms with E-state index in [1.807, 2.05) is 13.0 Å². The minimum absolute atomic E-state index is 0.110. The summed E-state index contributed by atoms with van der Waals surface area (Å²) < 4.78 is 1.63. The second kappa shape index (κ2) is 3.55. The smallest absolute Gasteiger partial charge is 0.172 e. The van der Waals surface area contributed by atoms with Crippen LogP contribution in [-0.2, 0) is 6.61 Å². The number of rotatable bonds is 2. The molecule has 72 valence electrons. The summed E-state index contributed by atoms with van der Waals surface area (Å²) >= 11 is 0. The highest BCUT2D eigenvalue weighted by molar-refractivity contribution is 5.19. The maximum absolute atomic E-state index is 8.88. The van der Waals surface area contributed by atoms with Gasteiger partial charge < -0.3 is 5.11 Å². The van der Waals surface area contributed by atoms with Crippen LogP contribution in [-0.4, -0.2) is 24.9 Å². The lowest BCUT2D eigenvalue weighted by Gasteiger charge is -2.00. The molecule has 0 aliphatic carbocycles. The Kier molecular flexibility index (Phi) is 2.24. The highest BCUT2D eigenvalue weighted by atomic mass is 16.3. The zero-order valence-electron chi connectivity index (χ0n) is 7.75. The van der Waals surface area contributed by atoms with Gasteiger partial charge in [-0.2, -0.15) is 5.10 Å². The Morgan fingerprint density at radius 2 is 2.29 bits per heavy atom. The van der Waals surface area contributed by atoms with Crippen LogP contribution in [0.3, 0.4) is 0 Å². The molecular formula is C9H10N4O. The van der Waals surface area contributed by atoms with Crippen molar-refractivity contribution in [1.82, 2.24) is 19.7 Å². The molecule has 0 saturated carbocycles. The van der Waals surface area contributed by atoms with Crippen molar-refractivity contribution in [3.63, 3.8) is 0 Å². The number of aliphatic hydroxyl groups is 1. The summed E-state index contributed by atoms with van der Waals surface area (Å²) in [5.74, 6) is 0.615. The molecule has 2 heterocycles. The topological polar surface area (TPSA) is 63.8 Å². The fourth-order valence-electron chi connectivity index (χ4n) is 1.12. The number of aryl methyl sites for hydroxylation is 1. The fraction of sp³-hybridized carbons (Fsp3) is 0.222. The molecule has 0 bridgehead atoms. The van der Waals surface area contributed by atoms with E-state index in [4.69, 9.17) is 5.11 Å². The SMILES string of the molecule is Cc1ccn(-c2cncc(CO)n2)n1. The van der Waals surface area contributed by atoms with Gasteiger partial charge in [0.15, 0.2) is 5.82 Å². The van der Waals surface area contributed by atoms with Crippen molar-refractivity contribution in [1.29, 1.82) is 0 Å². The Hall–Kier alpha value is -1.75. The lowest BCUT2D eigenvalue weighted by Crippen LogP contribution is -2.02. The van der Waals surface area contributed by atoms with Gasteiger partial charge in [-0.3, -0.25) is 4.98 Å². The molecule has 0 spiro atoms. The maximum atomic E-state index is 8.88. The molecule has 0 radical (unpaired) electrons. The number of aromatic nitrogens is 4. The molecule has 2 rings (SSSR count). The van der Waals surface area contributed by atoms with Crippen molar-refractivity contribution >= 4 is 0 Å². The molecule has 0 aliphatic heterocycles. The highest BCUT2D eigenvalue weighted by Gasteiger charge is 2.01. The minimum atomic E-state index is -0.110. The molecule has 2 aromatic rings. The van der Waals surface area contributed by atoms with E-state index in [1.165, 1.54) is 6.20 Å². The summed E-state index contributed by atoms with van der Waals surface area (Å²) in [6.07, 6.45) is 4.94. The van der Waals surface area contributed by atoms with Crippen LogP contribution in [0.25, 0.3) is 5.82 Å². The Balaban J connectivity index is 2.41. The third-order valence-corrected chi connectivity index (χ3v) is 1.79. The first-order valence-corrected chi connectivity index (χ1v) is 4.24. The van der Waals surface area contributed by atoms with Crippen LogP contribution < -0.4 is 0 Å². The second-order valence-electron chi connectivity index (χ2n) is 2.93. The standard InChI is InChI=1S/C9H10N4O/c1-7-2-3-13(12-7)9-5-10-4-8(6-14)11-9/h2-5,14H,6H2,1H3. The van der Waals surface area contributed by atoms with Gasteiger partial charge in [0.25, 0.3) is 0 Å². The zero-order chi connectivity index (χ0) is 9.97. The normalized spacial score (nSPS) is 10.4. The van der Waals surface area contributed by atoms with Gasteiger partial charge in [-0.15, -0.1) is 0 Å². The van der Waals surface area contributed by atoms with E-state index >= 15 is 0 Å². The van der Waals surface area contributed by atoms with Crippen LogP contribution in [0.2, 0.25) is 0 Å². The van der Waals surface area contributed by atoms with Gasteiger partial charge in [-0.25, -0.2) is 9.67 Å². The van der Waals surface area contributed by atoms with Crippen molar-refractivity contribution < 1.29 is 5.11 Å². The maximum Gasteiger partial charge on any atom is 0.172 e. The summed E-state index contributed by atoms with van der Waals surface area (Å²) in [6, 6.07) is 1.88. The molecule has 14 heavy (non-hydrogen) atoms. The summed E-state index contributed by atoms with van der Waals surface area (Å²) in [6.45, 7) is 1.79. The Morgan fingerprint density at radius 3 is 2.93 bits per heavy atom. The van der Waals surface area contributed by atoms with Crippen molar-refractivity contribution in [3.05, 3.63) is 36.0 Å². The van der Waals surface area contributed by atoms with Gasteiger partial charge in [-0.1, -0.05) is 0 Å². The van der Waals surface area contributed by atoms with Crippen LogP contribution in [0.1, 0.15) is 11.4 Å². The van der Waals surface area contributed by atoms with E-state index in [2.05, 4.69) is 15.1 Å². The Labute approximate surface area is 81.1 Å². The number of hydrogen-bond donors (Lipinski definition) is 1. The Morgan fingerprint density at radius 1 is 1.43 bits per heavy atom. The van der Waals surface area contributed by atoms with Crippen LogP contribution in [0.5, 0.6) is 0 Å². The molecule has 0 aromatic carbocycles. The predicted molar refractivity (Wildman–Crippen MR) is 49.8 cm³/mol. The van der Waals surface area contributed by atoms with E-state index < -0.39 is 0 Å². The number of hydrogen-bond acceptors (Lipinski definition) is 4. The van der Waals surface area contributed by atoms with Crippen LogP contribution in [0.15, 0.2) is 24.7 Å². The van der Waals surface area contributed by atoms with E-state index in [0.29, 0.717) is 11.5 Å². The quantitative estimate of drug-likeness (QED) is 0.747. The van der Waals surface area contributed by atoms with Gasteiger partial charge in [0.05, 0.1) is 30.4 Å². The zero-order valence-corrected chi connectivity index (χ0v) is 7.75. The monoisotopic (exact) mass is 190 g/mol. The molecular weight excluding hydrogens is 180 g/mol. The van der Waals surface area contributed by atoms with Crippen molar-refractivity contribution in [2.45, 2.75) is 13.5 Å². The molecule has 0 amide bonds. The predicted octanol–water partition coefficient (Wildman–Crippen LogP) is 0.463. The van der Waals surface area contributed by atoms with Crippen LogP contribution in [0.4, 0.5) is 0 Å². The number of nitrogens with zero attached hydrogens (tertiary/aromatic N) is 4. The summed E-state index contributed by atoms with van der Waals surface area (Å²) in [4.78, 5) is 8.12. The van der Waals surface area contributed by atoms with Crippen LogP contribution in [0, 0.1) is 6.92 Å². The van der Waals surface area contributed by atoms with Crippen LogP contribution >= 0.6 is 0 Å². The van der Waals surface area contributed by atoms with E-state index in [0.717, 1.165) is 5.69 Å². The van der Waals surface area contributed by atoms with Crippen molar-refractivity contribution in [2.75, 3.05) is 0 Å². The van der Waals surface area contributed by atoms with E-state index in [-0.39, 0.29) is 6.61 Å². The lowest BCUT2D eigenvalue weighted by molar-refractivity contribution is 0.276. The average Bonchev–Trinajstić information content (AvgIpc) is 2.65. The van der Waals surface area contributed by atoms with Crippen molar-refractivity contribution in [2.24, 2.45) is 0 Å². The molecule has 5 heteroatoms. The lowest BCUT2D eigenvalue weighted by atomic mass is 10.5. The van der Waals surface area contributed by atoms with Gasteiger partial charge in [0, 0.05) is 6.20 Å².